The van der Waals surface area contributed by atoms with E-state index in [2.05, 4.69) is 4.99 Å². The van der Waals surface area contributed by atoms with Crippen LogP contribution in [0.3, 0.4) is 0 Å². The lowest BCUT2D eigenvalue weighted by atomic mass is 10.3. The molecule has 1 aliphatic rings. The number of ether oxygens (including phenoxy) is 1. The summed E-state index contributed by atoms with van der Waals surface area (Å²) >= 11 is 1.37. The molecule has 1 aliphatic heterocycles. The number of carbonyl (C=O) groups is 1. The smallest absolute Gasteiger partial charge is 0.266 e. The standard InChI is InChI=1S/C19H20N2O3S/c1-3-11-21-18(22)17(13-16-6-5-12-24-16)25-19(21)20-14-7-9-15(10-8-14)23-4-2/h5-10,12-13H,3-4,11H2,1-2H3. The molecule has 5 nitrogen and oxygen atoms in total. The topological polar surface area (TPSA) is 55.0 Å². The zero-order chi connectivity index (χ0) is 17.6. The van der Waals surface area contributed by atoms with Crippen molar-refractivity contribution in [3.63, 3.8) is 0 Å². The van der Waals surface area contributed by atoms with Crippen LogP contribution in [0.1, 0.15) is 26.0 Å². The second-order valence-electron chi connectivity index (χ2n) is 5.40. The number of amides is 1. The van der Waals surface area contributed by atoms with E-state index in [-0.39, 0.29) is 5.91 Å². The van der Waals surface area contributed by atoms with Crippen LogP contribution < -0.4 is 4.74 Å². The minimum Gasteiger partial charge on any atom is -0.494 e. The number of carbonyl (C=O) groups excluding carboxylic acids is 1. The Balaban J connectivity index is 1.86. The molecule has 2 heterocycles. The highest BCUT2D eigenvalue weighted by molar-refractivity contribution is 8.18. The van der Waals surface area contributed by atoms with Crippen LogP contribution >= 0.6 is 11.8 Å². The molecule has 0 aliphatic carbocycles. The van der Waals surface area contributed by atoms with Gasteiger partial charge in [-0.25, -0.2) is 4.99 Å². The maximum absolute atomic E-state index is 12.7. The summed E-state index contributed by atoms with van der Waals surface area (Å²) in [5, 5.41) is 0.689. The van der Waals surface area contributed by atoms with Crippen molar-refractivity contribution in [2.24, 2.45) is 4.99 Å². The summed E-state index contributed by atoms with van der Waals surface area (Å²) < 4.78 is 10.8. The van der Waals surface area contributed by atoms with Gasteiger partial charge in [-0.3, -0.25) is 9.69 Å². The first-order valence-corrected chi connectivity index (χ1v) is 9.09. The highest BCUT2D eigenvalue weighted by Crippen LogP contribution is 2.34. The van der Waals surface area contributed by atoms with Gasteiger partial charge in [0.1, 0.15) is 11.5 Å². The minimum atomic E-state index is -0.0343. The number of benzene rings is 1. The first kappa shape index (κ1) is 17.4. The molecule has 130 valence electrons. The molecule has 0 radical (unpaired) electrons. The number of aliphatic imine (C=N–C) groups is 1. The van der Waals surface area contributed by atoms with Gasteiger partial charge in [0, 0.05) is 12.6 Å². The molecule has 1 amide bonds. The molecular formula is C19H20N2O3S. The Morgan fingerprint density at radius 1 is 1.24 bits per heavy atom. The summed E-state index contributed by atoms with van der Waals surface area (Å²) in [6, 6.07) is 11.2. The predicted octanol–water partition coefficient (Wildman–Crippen LogP) is 4.69. The number of amidine groups is 1. The number of hydrogen-bond acceptors (Lipinski definition) is 5. The van der Waals surface area contributed by atoms with Crippen LogP contribution in [-0.4, -0.2) is 29.1 Å². The first-order chi connectivity index (χ1) is 12.2. The molecule has 6 heteroatoms. The van der Waals surface area contributed by atoms with Crippen molar-refractivity contribution < 1.29 is 13.9 Å². The Bertz CT molecular complexity index is 780. The Hall–Kier alpha value is -2.47. The van der Waals surface area contributed by atoms with Crippen LogP contribution in [-0.2, 0) is 4.79 Å². The van der Waals surface area contributed by atoms with Crippen LogP contribution in [0.4, 0.5) is 5.69 Å². The number of rotatable bonds is 6. The number of hydrogen-bond donors (Lipinski definition) is 0. The van der Waals surface area contributed by atoms with Crippen molar-refractivity contribution in [1.82, 2.24) is 4.90 Å². The number of thioether (sulfide) groups is 1. The Labute approximate surface area is 151 Å². The monoisotopic (exact) mass is 356 g/mol. The molecule has 25 heavy (non-hydrogen) atoms. The minimum absolute atomic E-state index is 0.0343. The Kier molecular flexibility index (Phi) is 5.60. The number of furan rings is 1. The summed E-state index contributed by atoms with van der Waals surface area (Å²) in [6.45, 7) is 5.26. The van der Waals surface area contributed by atoms with E-state index in [0.29, 0.717) is 29.0 Å². The fourth-order valence-corrected chi connectivity index (χ4v) is 3.41. The molecule has 1 aromatic heterocycles. The van der Waals surface area contributed by atoms with Gasteiger partial charge < -0.3 is 9.15 Å². The summed E-state index contributed by atoms with van der Waals surface area (Å²) in [6.07, 6.45) is 4.22. The summed E-state index contributed by atoms with van der Waals surface area (Å²) in [4.78, 5) is 19.6. The van der Waals surface area contributed by atoms with Crippen LogP contribution in [0.25, 0.3) is 6.08 Å². The van der Waals surface area contributed by atoms with Gasteiger partial charge in [0.25, 0.3) is 5.91 Å². The SMILES string of the molecule is CCCN1C(=O)C(=Cc2ccco2)SC1=Nc1ccc(OCC)cc1. The van der Waals surface area contributed by atoms with Crippen LogP contribution in [0.2, 0.25) is 0 Å². The van der Waals surface area contributed by atoms with Crippen molar-refractivity contribution in [3.8, 4) is 5.75 Å². The maximum atomic E-state index is 12.7. The molecule has 0 bridgehead atoms. The molecule has 0 spiro atoms. The molecule has 1 fully saturated rings. The van der Waals surface area contributed by atoms with Crippen molar-refractivity contribution >= 4 is 34.6 Å². The van der Waals surface area contributed by atoms with E-state index in [1.165, 1.54) is 11.8 Å². The van der Waals surface area contributed by atoms with E-state index in [4.69, 9.17) is 9.15 Å². The third-order valence-electron chi connectivity index (χ3n) is 3.52. The van der Waals surface area contributed by atoms with Crippen molar-refractivity contribution in [2.45, 2.75) is 20.3 Å². The normalized spacial score (nSPS) is 17.7. The van der Waals surface area contributed by atoms with E-state index in [0.717, 1.165) is 17.9 Å². The highest BCUT2D eigenvalue weighted by Gasteiger charge is 2.32. The van der Waals surface area contributed by atoms with Crippen LogP contribution in [0, 0.1) is 0 Å². The third kappa shape index (κ3) is 4.14. The van der Waals surface area contributed by atoms with Gasteiger partial charge in [-0.15, -0.1) is 0 Å². The molecule has 1 aromatic carbocycles. The van der Waals surface area contributed by atoms with E-state index < -0.39 is 0 Å². The lowest BCUT2D eigenvalue weighted by Gasteiger charge is -2.14. The van der Waals surface area contributed by atoms with Gasteiger partial charge in [0.2, 0.25) is 0 Å². The van der Waals surface area contributed by atoms with E-state index >= 15 is 0 Å². The summed E-state index contributed by atoms with van der Waals surface area (Å²) in [5.74, 6) is 1.44. The van der Waals surface area contributed by atoms with Gasteiger partial charge in [-0.05, 0) is 61.5 Å². The molecule has 0 atom stereocenters. The third-order valence-corrected chi connectivity index (χ3v) is 4.53. The first-order valence-electron chi connectivity index (χ1n) is 8.27. The van der Waals surface area contributed by atoms with Crippen molar-refractivity contribution in [3.05, 3.63) is 53.3 Å². The maximum Gasteiger partial charge on any atom is 0.266 e. The van der Waals surface area contributed by atoms with Crippen molar-refractivity contribution in [2.75, 3.05) is 13.2 Å². The lowest BCUT2D eigenvalue weighted by Crippen LogP contribution is -2.29. The molecule has 0 saturated carbocycles. The van der Waals surface area contributed by atoms with Gasteiger partial charge >= 0.3 is 0 Å². The fraction of sp³-hybridized carbons (Fsp3) is 0.263. The fourth-order valence-electron chi connectivity index (χ4n) is 2.41. The molecule has 2 aromatic rings. The summed E-state index contributed by atoms with van der Waals surface area (Å²) in [5.41, 5.74) is 0.791. The van der Waals surface area contributed by atoms with Gasteiger partial charge in [0.05, 0.1) is 23.5 Å². The van der Waals surface area contributed by atoms with E-state index in [1.807, 2.05) is 44.2 Å². The summed E-state index contributed by atoms with van der Waals surface area (Å²) in [7, 11) is 0. The average Bonchev–Trinajstić information content (AvgIpc) is 3.22. The second kappa shape index (κ2) is 8.07. The quantitative estimate of drug-likeness (QED) is 0.705. The van der Waals surface area contributed by atoms with E-state index in [9.17, 15) is 4.79 Å². The number of nitrogens with zero attached hydrogens (tertiary/aromatic N) is 2. The molecule has 0 unspecified atom stereocenters. The zero-order valence-corrected chi connectivity index (χ0v) is 15.1. The van der Waals surface area contributed by atoms with E-state index in [1.54, 1.807) is 23.3 Å². The Morgan fingerprint density at radius 2 is 2.04 bits per heavy atom. The predicted molar refractivity (Wildman–Crippen MR) is 101 cm³/mol. The Morgan fingerprint density at radius 3 is 2.68 bits per heavy atom. The molecule has 1 saturated heterocycles. The van der Waals surface area contributed by atoms with Crippen molar-refractivity contribution in [1.29, 1.82) is 0 Å². The van der Waals surface area contributed by atoms with Crippen LogP contribution in [0.5, 0.6) is 5.75 Å². The highest BCUT2D eigenvalue weighted by atomic mass is 32.2. The zero-order valence-electron chi connectivity index (χ0n) is 14.3. The molecule has 0 N–H and O–H groups in total. The largest absolute Gasteiger partial charge is 0.494 e. The molecule has 3 rings (SSSR count). The van der Waals surface area contributed by atoms with Gasteiger partial charge in [0.15, 0.2) is 5.17 Å². The second-order valence-corrected chi connectivity index (χ2v) is 6.41. The van der Waals surface area contributed by atoms with Gasteiger partial charge in [-0.2, -0.15) is 0 Å². The average molecular weight is 356 g/mol. The lowest BCUT2D eigenvalue weighted by molar-refractivity contribution is -0.122. The molecular weight excluding hydrogens is 336 g/mol. The van der Waals surface area contributed by atoms with Crippen LogP contribution in [0.15, 0.2) is 57.0 Å². The van der Waals surface area contributed by atoms with Gasteiger partial charge in [-0.1, -0.05) is 6.92 Å².